The Morgan fingerprint density at radius 1 is 1.53 bits per heavy atom. The lowest BCUT2D eigenvalue weighted by Gasteiger charge is -2.14. The van der Waals surface area contributed by atoms with Crippen LogP contribution in [-0.4, -0.2) is 36.0 Å². The first-order chi connectivity index (χ1) is 9.02. The van der Waals surface area contributed by atoms with Gasteiger partial charge in [0.15, 0.2) is 0 Å². The van der Waals surface area contributed by atoms with Crippen LogP contribution in [0.15, 0.2) is 12.3 Å². The predicted octanol–water partition coefficient (Wildman–Crippen LogP) is 1.72. The SMILES string of the molecule is CON(C)C(=O)c1cnc(NC(=O)C2CC2)cc1Cl. The molecule has 0 atom stereocenters. The highest BCUT2D eigenvalue weighted by Gasteiger charge is 2.30. The Balaban J connectivity index is 2.12. The van der Waals surface area contributed by atoms with Gasteiger partial charge >= 0.3 is 0 Å². The van der Waals surface area contributed by atoms with Crippen molar-refractivity contribution < 1.29 is 14.4 Å². The van der Waals surface area contributed by atoms with Crippen LogP contribution in [0.1, 0.15) is 23.2 Å². The third-order valence-corrected chi connectivity index (χ3v) is 3.16. The molecule has 2 amide bonds. The van der Waals surface area contributed by atoms with E-state index in [1.807, 2.05) is 0 Å². The van der Waals surface area contributed by atoms with Gasteiger partial charge < -0.3 is 5.32 Å². The maximum Gasteiger partial charge on any atom is 0.280 e. The van der Waals surface area contributed by atoms with E-state index in [4.69, 9.17) is 16.4 Å². The molecular weight excluding hydrogens is 270 g/mol. The van der Waals surface area contributed by atoms with Gasteiger partial charge in [0, 0.05) is 25.2 Å². The third kappa shape index (κ3) is 3.21. The lowest BCUT2D eigenvalue weighted by Crippen LogP contribution is -2.26. The number of pyridine rings is 1. The van der Waals surface area contributed by atoms with Crippen LogP contribution in [-0.2, 0) is 9.63 Å². The summed E-state index contributed by atoms with van der Waals surface area (Å²) in [5.41, 5.74) is 0.218. The molecule has 1 fully saturated rings. The molecule has 0 bridgehead atoms. The van der Waals surface area contributed by atoms with Crippen molar-refractivity contribution in [1.29, 1.82) is 0 Å². The quantitative estimate of drug-likeness (QED) is 0.854. The number of amides is 2. The minimum atomic E-state index is -0.403. The highest BCUT2D eigenvalue weighted by molar-refractivity contribution is 6.34. The second-order valence-electron chi connectivity index (χ2n) is 4.30. The molecule has 0 unspecified atom stereocenters. The van der Waals surface area contributed by atoms with Crippen molar-refractivity contribution in [3.8, 4) is 0 Å². The summed E-state index contributed by atoms with van der Waals surface area (Å²) < 4.78 is 0. The van der Waals surface area contributed by atoms with E-state index in [1.165, 1.54) is 26.4 Å². The van der Waals surface area contributed by atoms with Gasteiger partial charge in [-0.15, -0.1) is 0 Å². The number of carbonyl (C=O) groups excluding carboxylic acids is 2. The highest BCUT2D eigenvalue weighted by atomic mass is 35.5. The van der Waals surface area contributed by atoms with Crippen LogP contribution in [0, 0.1) is 5.92 Å². The van der Waals surface area contributed by atoms with E-state index >= 15 is 0 Å². The molecule has 7 heteroatoms. The maximum absolute atomic E-state index is 11.8. The molecule has 102 valence electrons. The summed E-state index contributed by atoms with van der Waals surface area (Å²) in [6.07, 6.45) is 3.15. The Bertz CT molecular complexity index is 517. The summed E-state index contributed by atoms with van der Waals surface area (Å²) in [4.78, 5) is 32.2. The number of hydrogen-bond donors (Lipinski definition) is 1. The minimum Gasteiger partial charge on any atom is -0.310 e. The molecule has 0 aromatic carbocycles. The summed E-state index contributed by atoms with van der Waals surface area (Å²) in [5, 5.41) is 3.93. The molecule has 1 saturated carbocycles. The van der Waals surface area contributed by atoms with Gasteiger partial charge in [-0.25, -0.2) is 10.0 Å². The van der Waals surface area contributed by atoms with Crippen LogP contribution in [0.2, 0.25) is 5.02 Å². The summed E-state index contributed by atoms with van der Waals surface area (Å²) >= 11 is 6.01. The standard InChI is InChI=1S/C12H14ClN3O3/c1-16(19-2)12(18)8-6-14-10(5-9(8)13)15-11(17)7-3-4-7/h5-7H,3-4H2,1-2H3,(H,14,15,17). The van der Waals surface area contributed by atoms with E-state index in [0.29, 0.717) is 5.82 Å². The molecular formula is C12H14ClN3O3. The van der Waals surface area contributed by atoms with E-state index in [1.54, 1.807) is 0 Å². The van der Waals surface area contributed by atoms with Crippen molar-refractivity contribution in [1.82, 2.24) is 10.0 Å². The lowest BCUT2D eigenvalue weighted by molar-refractivity contribution is -0.117. The molecule has 0 spiro atoms. The summed E-state index contributed by atoms with van der Waals surface area (Å²) in [5.74, 6) is -0.0308. The summed E-state index contributed by atoms with van der Waals surface area (Å²) in [6, 6.07) is 1.46. The van der Waals surface area contributed by atoms with Crippen molar-refractivity contribution in [2.75, 3.05) is 19.5 Å². The van der Waals surface area contributed by atoms with Gasteiger partial charge in [0.05, 0.1) is 17.7 Å². The zero-order valence-electron chi connectivity index (χ0n) is 10.6. The largest absolute Gasteiger partial charge is 0.310 e. The molecule has 1 aromatic rings. The fourth-order valence-corrected chi connectivity index (χ4v) is 1.72. The fraction of sp³-hybridized carbons (Fsp3) is 0.417. The van der Waals surface area contributed by atoms with Gasteiger partial charge in [-0.1, -0.05) is 11.6 Å². The molecule has 1 N–H and O–H groups in total. The molecule has 0 saturated heterocycles. The summed E-state index contributed by atoms with van der Waals surface area (Å²) in [6.45, 7) is 0. The number of carbonyl (C=O) groups is 2. The van der Waals surface area contributed by atoms with Crippen LogP contribution in [0.25, 0.3) is 0 Å². The van der Waals surface area contributed by atoms with Crippen molar-refractivity contribution >= 4 is 29.2 Å². The van der Waals surface area contributed by atoms with Crippen molar-refractivity contribution in [3.05, 3.63) is 22.8 Å². The number of hydroxylamine groups is 2. The second kappa shape index (κ2) is 5.54. The Labute approximate surface area is 115 Å². The molecule has 1 aromatic heterocycles. The van der Waals surface area contributed by atoms with Crippen molar-refractivity contribution in [2.45, 2.75) is 12.8 Å². The number of hydrogen-bond acceptors (Lipinski definition) is 4. The summed E-state index contributed by atoms with van der Waals surface area (Å²) in [7, 11) is 2.85. The first-order valence-electron chi connectivity index (χ1n) is 5.81. The van der Waals surface area contributed by atoms with Gasteiger partial charge in [0.2, 0.25) is 5.91 Å². The van der Waals surface area contributed by atoms with E-state index in [-0.39, 0.29) is 22.4 Å². The third-order valence-electron chi connectivity index (χ3n) is 2.84. The highest BCUT2D eigenvalue weighted by Crippen LogP contribution is 2.30. The number of halogens is 1. The average Bonchev–Trinajstić information content (AvgIpc) is 3.21. The number of rotatable bonds is 4. The van der Waals surface area contributed by atoms with E-state index in [9.17, 15) is 9.59 Å². The van der Waals surface area contributed by atoms with E-state index < -0.39 is 5.91 Å². The smallest absolute Gasteiger partial charge is 0.280 e. The predicted molar refractivity (Wildman–Crippen MR) is 69.7 cm³/mol. The first kappa shape index (κ1) is 13.8. The van der Waals surface area contributed by atoms with Crippen LogP contribution in [0.3, 0.4) is 0 Å². The van der Waals surface area contributed by atoms with E-state index in [0.717, 1.165) is 17.9 Å². The molecule has 1 heterocycles. The molecule has 1 aliphatic carbocycles. The molecule has 2 rings (SSSR count). The Morgan fingerprint density at radius 2 is 2.21 bits per heavy atom. The number of nitrogens with zero attached hydrogens (tertiary/aromatic N) is 2. The average molecular weight is 284 g/mol. The van der Waals surface area contributed by atoms with Crippen LogP contribution < -0.4 is 5.32 Å². The normalized spacial score (nSPS) is 14.1. The maximum atomic E-state index is 11.8. The first-order valence-corrected chi connectivity index (χ1v) is 6.19. The zero-order valence-corrected chi connectivity index (χ0v) is 11.4. The van der Waals surface area contributed by atoms with Gasteiger partial charge in [-0.3, -0.25) is 14.4 Å². The Morgan fingerprint density at radius 3 is 2.74 bits per heavy atom. The second-order valence-corrected chi connectivity index (χ2v) is 4.71. The van der Waals surface area contributed by atoms with Crippen molar-refractivity contribution in [2.24, 2.45) is 5.92 Å². The van der Waals surface area contributed by atoms with Crippen LogP contribution in [0.5, 0.6) is 0 Å². The number of aromatic nitrogens is 1. The molecule has 19 heavy (non-hydrogen) atoms. The van der Waals surface area contributed by atoms with Gasteiger partial charge in [0.1, 0.15) is 5.82 Å². The van der Waals surface area contributed by atoms with Gasteiger partial charge in [-0.05, 0) is 12.8 Å². The molecule has 1 aliphatic rings. The molecule has 6 nitrogen and oxygen atoms in total. The minimum absolute atomic E-state index is 0.0587. The molecule has 0 aliphatic heterocycles. The van der Waals surface area contributed by atoms with E-state index in [2.05, 4.69) is 10.3 Å². The Kier molecular flexibility index (Phi) is 4.01. The van der Waals surface area contributed by atoms with Crippen LogP contribution >= 0.6 is 11.6 Å². The Hall–Kier alpha value is -1.66. The van der Waals surface area contributed by atoms with Crippen LogP contribution in [0.4, 0.5) is 5.82 Å². The number of anilines is 1. The van der Waals surface area contributed by atoms with Crippen molar-refractivity contribution in [3.63, 3.8) is 0 Å². The lowest BCUT2D eigenvalue weighted by atomic mass is 10.2. The monoisotopic (exact) mass is 283 g/mol. The van der Waals surface area contributed by atoms with Gasteiger partial charge in [0.25, 0.3) is 5.91 Å². The zero-order chi connectivity index (χ0) is 14.0. The van der Waals surface area contributed by atoms with Gasteiger partial charge in [-0.2, -0.15) is 0 Å². The number of nitrogens with one attached hydrogen (secondary N) is 1. The fourth-order valence-electron chi connectivity index (χ4n) is 1.48. The molecule has 0 radical (unpaired) electrons. The topological polar surface area (TPSA) is 71.5 Å².